The van der Waals surface area contributed by atoms with E-state index in [4.69, 9.17) is 11.6 Å². The Hall–Kier alpha value is -0.900. The van der Waals surface area contributed by atoms with Crippen molar-refractivity contribution in [1.29, 1.82) is 0 Å². The number of hydrogen-bond donors (Lipinski definition) is 1. The summed E-state index contributed by atoms with van der Waals surface area (Å²) in [6, 6.07) is 6.38. The molecule has 2 rings (SSSR count). The molecule has 0 aliphatic carbocycles. The molecular formula is C12H13ClN2S. The SMILES string of the molecule is C[C@@H](NCc1cc(Cl)cs1)c1ccncc1. The largest absolute Gasteiger partial charge is 0.305 e. The number of thiophene rings is 1. The lowest BCUT2D eigenvalue weighted by atomic mass is 10.1. The number of halogens is 1. The summed E-state index contributed by atoms with van der Waals surface area (Å²) < 4.78 is 0. The first-order valence-electron chi connectivity index (χ1n) is 5.12. The van der Waals surface area contributed by atoms with Gasteiger partial charge in [-0.25, -0.2) is 0 Å². The number of hydrogen-bond acceptors (Lipinski definition) is 3. The maximum Gasteiger partial charge on any atom is 0.0516 e. The van der Waals surface area contributed by atoms with Crippen LogP contribution in [0.3, 0.4) is 0 Å². The fourth-order valence-electron chi connectivity index (χ4n) is 1.47. The van der Waals surface area contributed by atoms with E-state index in [0.717, 1.165) is 11.6 Å². The Morgan fingerprint density at radius 3 is 2.81 bits per heavy atom. The molecule has 84 valence electrons. The molecule has 0 aromatic carbocycles. The lowest BCUT2D eigenvalue weighted by molar-refractivity contribution is 0.578. The van der Waals surface area contributed by atoms with Crippen LogP contribution >= 0.6 is 22.9 Å². The number of nitrogens with zero attached hydrogens (tertiary/aromatic N) is 1. The van der Waals surface area contributed by atoms with Gasteiger partial charge in [0.2, 0.25) is 0 Å². The van der Waals surface area contributed by atoms with Crippen molar-refractivity contribution in [3.8, 4) is 0 Å². The number of rotatable bonds is 4. The normalized spacial score (nSPS) is 12.6. The third kappa shape index (κ3) is 3.04. The highest BCUT2D eigenvalue weighted by atomic mass is 35.5. The zero-order chi connectivity index (χ0) is 11.4. The second kappa shape index (κ2) is 5.43. The van der Waals surface area contributed by atoms with Crippen molar-refractivity contribution in [3.63, 3.8) is 0 Å². The van der Waals surface area contributed by atoms with E-state index in [0.29, 0.717) is 6.04 Å². The van der Waals surface area contributed by atoms with Gasteiger partial charge in [-0.1, -0.05) is 11.6 Å². The molecule has 0 spiro atoms. The minimum atomic E-state index is 0.323. The summed E-state index contributed by atoms with van der Waals surface area (Å²) in [6.07, 6.45) is 3.63. The lowest BCUT2D eigenvalue weighted by Crippen LogP contribution is -2.17. The number of pyridine rings is 1. The van der Waals surface area contributed by atoms with E-state index >= 15 is 0 Å². The van der Waals surface area contributed by atoms with Gasteiger partial charge < -0.3 is 5.32 Å². The molecule has 16 heavy (non-hydrogen) atoms. The van der Waals surface area contributed by atoms with Crippen molar-refractivity contribution in [3.05, 3.63) is 51.4 Å². The third-order valence-electron chi connectivity index (χ3n) is 2.41. The molecular weight excluding hydrogens is 240 g/mol. The highest BCUT2D eigenvalue weighted by Gasteiger charge is 2.04. The van der Waals surface area contributed by atoms with Crippen LogP contribution in [0.2, 0.25) is 5.02 Å². The topological polar surface area (TPSA) is 24.9 Å². The van der Waals surface area contributed by atoms with Crippen LogP contribution in [0.25, 0.3) is 0 Å². The minimum Gasteiger partial charge on any atom is -0.305 e. The summed E-state index contributed by atoms with van der Waals surface area (Å²) in [5, 5.41) is 6.22. The Labute approximate surface area is 104 Å². The van der Waals surface area contributed by atoms with Gasteiger partial charge in [-0.2, -0.15) is 0 Å². The Morgan fingerprint density at radius 1 is 1.44 bits per heavy atom. The summed E-state index contributed by atoms with van der Waals surface area (Å²) in [4.78, 5) is 5.26. The van der Waals surface area contributed by atoms with Crippen LogP contribution in [-0.2, 0) is 6.54 Å². The maximum absolute atomic E-state index is 5.87. The molecule has 1 N–H and O–H groups in total. The van der Waals surface area contributed by atoms with E-state index in [-0.39, 0.29) is 0 Å². The third-order valence-corrected chi connectivity index (χ3v) is 3.69. The molecule has 0 fully saturated rings. The quantitative estimate of drug-likeness (QED) is 0.899. The van der Waals surface area contributed by atoms with Crippen molar-refractivity contribution in [2.75, 3.05) is 0 Å². The second-order valence-corrected chi connectivity index (χ2v) is 5.05. The lowest BCUT2D eigenvalue weighted by Gasteiger charge is -2.12. The van der Waals surface area contributed by atoms with Gasteiger partial charge in [0.25, 0.3) is 0 Å². The Balaban J connectivity index is 1.91. The highest BCUT2D eigenvalue weighted by Crippen LogP contribution is 2.20. The Morgan fingerprint density at radius 2 is 2.19 bits per heavy atom. The molecule has 0 bridgehead atoms. The van der Waals surface area contributed by atoms with Crippen LogP contribution in [-0.4, -0.2) is 4.98 Å². The first kappa shape index (κ1) is 11.6. The zero-order valence-electron chi connectivity index (χ0n) is 8.98. The average Bonchev–Trinajstić information content (AvgIpc) is 2.73. The van der Waals surface area contributed by atoms with Crippen LogP contribution < -0.4 is 5.32 Å². The van der Waals surface area contributed by atoms with E-state index < -0.39 is 0 Å². The maximum atomic E-state index is 5.87. The molecule has 0 saturated heterocycles. The zero-order valence-corrected chi connectivity index (χ0v) is 10.6. The molecule has 0 amide bonds. The standard InChI is InChI=1S/C12H13ClN2S/c1-9(10-2-4-14-5-3-10)15-7-12-6-11(13)8-16-12/h2-6,8-9,15H,7H2,1H3/t9-/m1/s1. The van der Waals surface area contributed by atoms with E-state index in [2.05, 4.69) is 17.2 Å². The van der Waals surface area contributed by atoms with Crippen molar-refractivity contribution in [1.82, 2.24) is 10.3 Å². The van der Waals surface area contributed by atoms with E-state index in [9.17, 15) is 0 Å². The predicted octanol–water partition coefficient (Wildman–Crippen LogP) is 3.65. The van der Waals surface area contributed by atoms with Gasteiger partial charge >= 0.3 is 0 Å². The van der Waals surface area contributed by atoms with Gasteiger partial charge in [0, 0.05) is 35.2 Å². The molecule has 0 unspecified atom stereocenters. The molecule has 0 aliphatic heterocycles. The van der Waals surface area contributed by atoms with Gasteiger partial charge in [-0.05, 0) is 30.7 Å². The van der Waals surface area contributed by atoms with E-state index in [1.807, 2.05) is 36.0 Å². The Bertz CT molecular complexity index is 441. The van der Waals surface area contributed by atoms with Crippen molar-refractivity contribution < 1.29 is 0 Å². The first-order chi connectivity index (χ1) is 7.75. The molecule has 2 aromatic heterocycles. The van der Waals surface area contributed by atoms with Crippen molar-refractivity contribution >= 4 is 22.9 Å². The predicted molar refractivity (Wildman–Crippen MR) is 68.8 cm³/mol. The van der Waals surface area contributed by atoms with Gasteiger partial charge in [-0.15, -0.1) is 11.3 Å². The van der Waals surface area contributed by atoms with Gasteiger partial charge in [0.15, 0.2) is 0 Å². The average molecular weight is 253 g/mol. The van der Waals surface area contributed by atoms with Crippen LogP contribution in [0.4, 0.5) is 0 Å². The van der Waals surface area contributed by atoms with Crippen LogP contribution in [0, 0.1) is 0 Å². The highest BCUT2D eigenvalue weighted by molar-refractivity contribution is 7.10. The number of aromatic nitrogens is 1. The summed E-state index contributed by atoms with van der Waals surface area (Å²) in [6.45, 7) is 2.99. The van der Waals surface area contributed by atoms with Crippen LogP contribution in [0.1, 0.15) is 23.4 Å². The molecule has 1 atom stereocenters. The summed E-state index contributed by atoms with van der Waals surface area (Å²) in [7, 11) is 0. The summed E-state index contributed by atoms with van der Waals surface area (Å²) >= 11 is 7.55. The van der Waals surface area contributed by atoms with Crippen LogP contribution in [0.15, 0.2) is 36.0 Å². The monoisotopic (exact) mass is 252 g/mol. The fourth-order valence-corrected chi connectivity index (χ4v) is 2.49. The summed E-state index contributed by atoms with van der Waals surface area (Å²) in [5.74, 6) is 0. The second-order valence-electron chi connectivity index (χ2n) is 3.61. The van der Waals surface area contributed by atoms with Crippen LogP contribution in [0.5, 0.6) is 0 Å². The number of nitrogens with one attached hydrogen (secondary N) is 1. The van der Waals surface area contributed by atoms with Gasteiger partial charge in [0.1, 0.15) is 0 Å². The smallest absolute Gasteiger partial charge is 0.0516 e. The molecule has 0 aliphatic rings. The molecule has 2 nitrogen and oxygen atoms in total. The minimum absolute atomic E-state index is 0.323. The van der Waals surface area contributed by atoms with Crippen molar-refractivity contribution in [2.24, 2.45) is 0 Å². The van der Waals surface area contributed by atoms with Crippen molar-refractivity contribution in [2.45, 2.75) is 19.5 Å². The molecule has 2 heterocycles. The summed E-state index contributed by atoms with van der Waals surface area (Å²) in [5.41, 5.74) is 1.25. The van der Waals surface area contributed by atoms with E-state index in [1.54, 1.807) is 11.3 Å². The fraction of sp³-hybridized carbons (Fsp3) is 0.250. The van der Waals surface area contributed by atoms with Gasteiger partial charge in [-0.3, -0.25) is 4.98 Å². The Kier molecular flexibility index (Phi) is 3.93. The van der Waals surface area contributed by atoms with E-state index in [1.165, 1.54) is 10.4 Å². The molecule has 4 heteroatoms. The molecule has 0 radical (unpaired) electrons. The molecule has 2 aromatic rings. The van der Waals surface area contributed by atoms with Gasteiger partial charge in [0.05, 0.1) is 5.02 Å². The first-order valence-corrected chi connectivity index (χ1v) is 6.37. The molecule has 0 saturated carbocycles.